The quantitative estimate of drug-likeness (QED) is 0.600. The molecule has 1 aromatic carbocycles. The molecule has 0 saturated carbocycles. The molecule has 8 heteroatoms. The van der Waals surface area contributed by atoms with Gasteiger partial charge in [-0.1, -0.05) is 41.7 Å². The fourth-order valence-corrected chi connectivity index (χ4v) is 4.09. The van der Waals surface area contributed by atoms with Crippen LogP contribution in [-0.4, -0.2) is 43.3 Å². The molecule has 2 N–H and O–H groups in total. The summed E-state index contributed by atoms with van der Waals surface area (Å²) in [6.07, 6.45) is 0.973. The number of hydrogen-bond acceptors (Lipinski definition) is 5. The van der Waals surface area contributed by atoms with Crippen LogP contribution in [0.15, 0.2) is 17.0 Å². The highest BCUT2D eigenvalue weighted by molar-refractivity contribution is 8.26. The van der Waals surface area contributed by atoms with E-state index in [4.69, 9.17) is 17.3 Å². The van der Waals surface area contributed by atoms with Gasteiger partial charge in [-0.05, 0) is 43.5 Å². The summed E-state index contributed by atoms with van der Waals surface area (Å²) in [5.74, 6) is -3.29. The molecule has 132 valence electrons. The van der Waals surface area contributed by atoms with Crippen molar-refractivity contribution in [2.45, 2.75) is 33.2 Å². The Hall–Kier alpha value is -2.19. The number of carbonyl (C=O) groups excluding carboxylic acids is 1. The summed E-state index contributed by atoms with van der Waals surface area (Å²) in [4.78, 5) is 36.1. The molecule has 1 aliphatic heterocycles. The number of aliphatic carboxylic acids is 2. The van der Waals surface area contributed by atoms with E-state index in [2.05, 4.69) is 0 Å². The first-order valence-electron chi connectivity index (χ1n) is 7.41. The fraction of sp³-hybridized carbons (Fsp3) is 0.294. The zero-order valence-electron chi connectivity index (χ0n) is 13.9. The number of benzene rings is 1. The largest absolute Gasteiger partial charge is 0.481 e. The van der Waals surface area contributed by atoms with Crippen molar-refractivity contribution < 1.29 is 24.6 Å². The van der Waals surface area contributed by atoms with Crippen molar-refractivity contribution in [2.24, 2.45) is 0 Å². The molecule has 1 aromatic rings. The van der Waals surface area contributed by atoms with Crippen LogP contribution in [-0.2, 0) is 14.4 Å². The summed E-state index contributed by atoms with van der Waals surface area (Å²) in [5, 5.41) is 18.2. The average Bonchev–Trinajstić information content (AvgIpc) is 2.74. The summed E-state index contributed by atoms with van der Waals surface area (Å²) in [6.45, 7) is 5.83. The van der Waals surface area contributed by atoms with Crippen LogP contribution < -0.4 is 0 Å². The Morgan fingerprint density at radius 3 is 2.28 bits per heavy atom. The molecule has 1 heterocycles. The van der Waals surface area contributed by atoms with Crippen molar-refractivity contribution in [3.63, 3.8) is 0 Å². The van der Waals surface area contributed by atoms with Crippen molar-refractivity contribution in [1.29, 1.82) is 0 Å². The highest BCUT2D eigenvalue weighted by Gasteiger charge is 2.41. The van der Waals surface area contributed by atoms with E-state index in [0.29, 0.717) is 0 Å². The maximum Gasteiger partial charge on any atom is 0.327 e. The van der Waals surface area contributed by atoms with E-state index in [0.717, 1.165) is 38.9 Å². The lowest BCUT2D eigenvalue weighted by Gasteiger charge is -2.21. The molecule has 25 heavy (non-hydrogen) atoms. The summed E-state index contributed by atoms with van der Waals surface area (Å²) in [5.41, 5.74) is 3.95. The predicted molar refractivity (Wildman–Crippen MR) is 99.3 cm³/mol. The molecule has 1 aliphatic rings. The number of nitrogens with zero attached hydrogens (tertiary/aromatic N) is 1. The van der Waals surface area contributed by atoms with Gasteiger partial charge in [-0.15, -0.1) is 0 Å². The van der Waals surface area contributed by atoms with E-state index < -0.39 is 30.3 Å². The molecule has 0 bridgehead atoms. The number of rotatable bonds is 5. The van der Waals surface area contributed by atoms with Gasteiger partial charge in [0, 0.05) is 0 Å². The fourth-order valence-electron chi connectivity index (χ4n) is 2.75. The average molecular weight is 379 g/mol. The zero-order valence-corrected chi connectivity index (χ0v) is 15.5. The topological polar surface area (TPSA) is 94.9 Å². The van der Waals surface area contributed by atoms with E-state index in [1.807, 2.05) is 32.9 Å². The number of hydrogen-bond donors (Lipinski definition) is 2. The monoisotopic (exact) mass is 379 g/mol. The maximum atomic E-state index is 12.6. The van der Waals surface area contributed by atoms with Gasteiger partial charge in [0.05, 0.1) is 11.3 Å². The molecule has 0 aromatic heterocycles. The first kappa shape index (κ1) is 19.1. The molecule has 1 amide bonds. The lowest BCUT2D eigenvalue weighted by Crippen LogP contribution is -2.45. The Bertz CT molecular complexity index is 792. The van der Waals surface area contributed by atoms with E-state index in [9.17, 15) is 19.5 Å². The molecule has 2 rings (SSSR count). The van der Waals surface area contributed by atoms with Crippen molar-refractivity contribution >= 4 is 52.2 Å². The highest BCUT2D eigenvalue weighted by atomic mass is 32.2. The van der Waals surface area contributed by atoms with Crippen molar-refractivity contribution in [3.8, 4) is 0 Å². The Labute approximate surface area is 154 Å². The summed E-state index contributed by atoms with van der Waals surface area (Å²) < 4.78 is 0.0484. The molecular formula is C17H17NO5S2. The first-order chi connectivity index (χ1) is 11.6. The van der Waals surface area contributed by atoms with Crippen molar-refractivity contribution in [1.82, 2.24) is 4.90 Å². The SMILES string of the molecule is Cc1cc(C)c(/C=C2\SC(=S)N(C(CC(=O)O)C(=O)O)C2=O)c(C)c1. The predicted octanol–water partition coefficient (Wildman–Crippen LogP) is 2.74. The van der Waals surface area contributed by atoms with Crippen LogP contribution in [0.4, 0.5) is 0 Å². The second kappa shape index (κ2) is 7.37. The Balaban J connectivity index is 2.41. The van der Waals surface area contributed by atoms with E-state index in [1.54, 1.807) is 6.08 Å². The second-order valence-corrected chi connectivity index (χ2v) is 7.49. The number of thiocarbonyl (C=S) groups is 1. The van der Waals surface area contributed by atoms with Gasteiger partial charge in [0.25, 0.3) is 5.91 Å². The third-order valence-corrected chi connectivity index (χ3v) is 5.13. The van der Waals surface area contributed by atoms with E-state index in [1.165, 1.54) is 0 Å². The molecular weight excluding hydrogens is 362 g/mol. The molecule has 1 fully saturated rings. The van der Waals surface area contributed by atoms with Crippen LogP contribution in [0, 0.1) is 20.8 Å². The van der Waals surface area contributed by atoms with Crippen LogP contribution in [0.3, 0.4) is 0 Å². The standard InChI is InChI=1S/C17H17NO5S2/c1-8-4-9(2)11(10(3)5-8)6-13-15(21)18(17(24)25-13)12(16(22)23)7-14(19)20/h4-6,12H,7H2,1-3H3,(H,19,20)(H,22,23)/b13-6-. The van der Waals surface area contributed by atoms with Gasteiger partial charge in [-0.2, -0.15) is 0 Å². The van der Waals surface area contributed by atoms with Gasteiger partial charge in [-0.25, -0.2) is 4.79 Å². The van der Waals surface area contributed by atoms with Gasteiger partial charge >= 0.3 is 11.9 Å². The lowest BCUT2D eigenvalue weighted by molar-refractivity contribution is -0.150. The van der Waals surface area contributed by atoms with Crippen LogP contribution in [0.5, 0.6) is 0 Å². The molecule has 6 nitrogen and oxygen atoms in total. The van der Waals surface area contributed by atoms with Gasteiger partial charge in [0.2, 0.25) is 0 Å². The van der Waals surface area contributed by atoms with Crippen molar-refractivity contribution in [3.05, 3.63) is 39.3 Å². The summed E-state index contributed by atoms with van der Waals surface area (Å²) >= 11 is 6.10. The second-order valence-electron chi connectivity index (χ2n) is 5.82. The Morgan fingerprint density at radius 2 is 1.80 bits per heavy atom. The molecule has 0 aliphatic carbocycles. The van der Waals surface area contributed by atoms with Gasteiger partial charge < -0.3 is 10.2 Å². The molecule has 0 spiro atoms. The molecule has 1 saturated heterocycles. The number of amides is 1. The normalized spacial score (nSPS) is 17.2. The first-order valence-corrected chi connectivity index (χ1v) is 8.63. The highest BCUT2D eigenvalue weighted by Crippen LogP contribution is 2.35. The maximum absolute atomic E-state index is 12.6. The Morgan fingerprint density at radius 1 is 1.24 bits per heavy atom. The van der Waals surface area contributed by atoms with Crippen LogP contribution in [0.2, 0.25) is 0 Å². The third-order valence-electron chi connectivity index (χ3n) is 3.80. The molecule has 1 unspecified atom stereocenters. The summed E-state index contributed by atoms with van der Waals surface area (Å²) in [6, 6.07) is 2.46. The van der Waals surface area contributed by atoms with Gasteiger partial charge in [0.15, 0.2) is 0 Å². The Kier molecular flexibility index (Phi) is 5.64. The zero-order chi connectivity index (χ0) is 18.9. The van der Waals surface area contributed by atoms with E-state index >= 15 is 0 Å². The van der Waals surface area contributed by atoms with Gasteiger partial charge in [0.1, 0.15) is 10.4 Å². The van der Waals surface area contributed by atoms with E-state index in [-0.39, 0.29) is 9.23 Å². The number of carbonyl (C=O) groups is 3. The van der Waals surface area contributed by atoms with Crippen LogP contribution in [0.25, 0.3) is 6.08 Å². The minimum atomic E-state index is -1.52. The summed E-state index contributed by atoms with van der Waals surface area (Å²) in [7, 11) is 0. The van der Waals surface area contributed by atoms with Crippen LogP contribution in [0.1, 0.15) is 28.7 Å². The smallest absolute Gasteiger partial charge is 0.327 e. The number of aryl methyl sites for hydroxylation is 3. The molecule has 0 radical (unpaired) electrons. The number of carboxylic acid groups (broad SMARTS) is 2. The third kappa shape index (κ3) is 4.08. The molecule has 1 atom stereocenters. The van der Waals surface area contributed by atoms with Crippen molar-refractivity contribution in [2.75, 3.05) is 0 Å². The van der Waals surface area contributed by atoms with Crippen LogP contribution >= 0.6 is 24.0 Å². The lowest BCUT2D eigenvalue weighted by atomic mass is 9.99. The number of carboxylic acids is 2. The minimum absolute atomic E-state index is 0.0484. The minimum Gasteiger partial charge on any atom is -0.481 e. The number of thioether (sulfide) groups is 1. The van der Waals surface area contributed by atoms with Gasteiger partial charge in [-0.3, -0.25) is 14.5 Å².